The van der Waals surface area contributed by atoms with Gasteiger partial charge in [-0.3, -0.25) is 9.59 Å². The number of nitrogens with zero attached hydrogens (tertiary/aromatic N) is 2. The van der Waals surface area contributed by atoms with Gasteiger partial charge in [0, 0.05) is 44.7 Å². The van der Waals surface area contributed by atoms with Crippen LogP contribution in [0.2, 0.25) is 0 Å². The van der Waals surface area contributed by atoms with Gasteiger partial charge < -0.3 is 19.9 Å². The molecule has 0 atom stereocenters. The van der Waals surface area contributed by atoms with E-state index in [4.69, 9.17) is 4.74 Å². The number of benzene rings is 1. The highest BCUT2D eigenvalue weighted by molar-refractivity contribution is 5.92. The fourth-order valence-electron chi connectivity index (χ4n) is 3.51. The van der Waals surface area contributed by atoms with Gasteiger partial charge in [0.05, 0.1) is 6.61 Å². The number of amides is 3. The first-order valence-corrected chi connectivity index (χ1v) is 9.87. The Bertz CT molecular complexity index is 691. The molecule has 0 radical (unpaired) electrons. The number of hydrogen-bond acceptors (Lipinski definition) is 4. The predicted molar refractivity (Wildman–Crippen MR) is 108 cm³/mol. The summed E-state index contributed by atoms with van der Waals surface area (Å²) in [5.74, 6) is -0.161. The Morgan fingerprint density at radius 2 is 1.75 bits per heavy atom. The molecule has 1 N–H and O–H groups in total. The molecule has 0 bridgehead atoms. The Morgan fingerprint density at radius 3 is 2.29 bits per heavy atom. The minimum atomic E-state index is -0.294. The van der Waals surface area contributed by atoms with Crippen LogP contribution in [-0.4, -0.2) is 55.1 Å². The second-order valence-corrected chi connectivity index (χ2v) is 7.29. The maximum Gasteiger partial charge on any atom is 0.409 e. The molecular weight excluding hydrogens is 358 g/mol. The van der Waals surface area contributed by atoms with Crippen molar-refractivity contribution in [3.63, 3.8) is 0 Å². The second kappa shape index (κ2) is 10.1. The van der Waals surface area contributed by atoms with E-state index in [0.29, 0.717) is 39.1 Å². The van der Waals surface area contributed by atoms with Crippen molar-refractivity contribution >= 4 is 23.6 Å². The Labute approximate surface area is 167 Å². The summed E-state index contributed by atoms with van der Waals surface area (Å²) in [4.78, 5) is 39.5. The topological polar surface area (TPSA) is 79.0 Å². The smallest absolute Gasteiger partial charge is 0.409 e. The van der Waals surface area contributed by atoms with Crippen LogP contribution in [0, 0.1) is 13.8 Å². The molecule has 1 saturated heterocycles. The van der Waals surface area contributed by atoms with Gasteiger partial charge >= 0.3 is 6.09 Å². The van der Waals surface area contributed by atoms with Crippen molar-refractivity contribution in [2.45, 2.75) is 53.0 Å². The third kappa shape index (κ3) is 6.25. The summed E-state index contributed by atoms with van der Waals surface area (Å²) in [7, 11) is 0. The molecule has 0 saturated carbocycles. The van der Waals surface area contributed by atoms with Crippen LogP contribution >= 0.6 is 0 Å². The van der Waals surface area contributed by atoms with Crippen molar-refractivity contribution in [3.05, 3.63) is 29.3 Å². The fourth-order valence-corrected chi connectivity index (χ4v) is 3.51. The summed E-state index contributed by atoms with van der Waals surface area (Å²) in [6, 6.07) is 6.01. The van der Waals surface area contributed by atoms with Crippen molar-refractivity contribution in [1.82, 2.24) is 10.2 Å². The van der Waals surface area contributed by atoms with Crippen molar-refractivity contribution in [2.75, 3.05) is 31.1 Å². The van der Waals surface area contributed by atoms with Gasteiger partial charge in [0.1, 0.15) is 0 Å². The number of likely N-dealkylation sites (tertiary alicyclic amines) is 1. The van der Waals surface area contributed by atoms with Gasteiger partial charge in [-0.1, -0.05) is 6.07 Å². The molecule has 1 aliphatic heterocycles. The maximum absolute atomic E-state index is 12.4. The van der Waals surface area contributed by atoms with Gasteiger partial charge in [-0.25, -0.2) is 4.79 Å². The zero-order chi connectivity index (χ0) is 20.7. The molecule has 1 aromatic carbocycles. The van der Waals surface area contributed by atoms with E-state index in [1.165, 1.54) is 6.92 Å². The van der Waals surface area contributed by atoms with Gasteiger partial charge in [0.25, 0.3) is 0 Å². The summed E-state index contributed by atoms with van der Waals surface area (Å²) >= 11 is 0. The molecule has 0 aromatic heterocycles. The van der Waals surface area contributed by atoms with Crippen molar-refractivity contribution < 1.29 is 19.1 Å². The molecule has 1 fully saturated rings. The number of hydrogen-bond donors (Lipinski definition) is 1. The van der Waals surface area contributed by atoms with E-state index in [2.05, 4.69) is 11.4 Å². The first-order valence-electron chi connectivity index (χ1n) is 9.87. The predicted octanol–water partition coefficient (Wildman–Crippen LogP) is 2.78. The number of anilines is 1. The average Bonchev–Trinajstić information content (AvgIpc) is 2.61. The van der Waals surface area contributed by atoms with Crippen LogP contribution in [0.4, 0.5) is 10.5 Å². The lowest BCUT2D eigenvalue weighted by Gasteiger charge is -2.31. The molecule has 154 valence electrons. The lowest BCUT2D eigenvalue weighted by molar-refractivity contribution is -0.122. The number of rotatable bonds is 6. The van der Waals surface area contributed by atoms with E-state index < -0.39 is 0 Å². The van der Waals surface area contributed by atoms with Crippen LogP contribution in [-0.2, 0) is 14.3 Å². The van der Waals surface area contributed by atoms with Gasteiger partial charge in [0.2, 0.25) is 11.8 Å². The summed E-state index contributed by atoms with van der Waals surface area (Å²) in [6.07, 6.45) is 1.36. The molecule has 1 heterocycles. The standard InChI is InChI=1S/C21H31N3O4/c1-5-28-21(27)23-9-6-18(7-10-23)22-20(26)8-11-24(17(4)25)19-13-15(2)12-16(3)14-19/h12-14,18H,5-11H2,1-4H3,(H,22,26). The normalized spacial score (nSPS) is 14.5. The molecule has 1 aliphatic rings. The van der Waals surface area contributed by atoms with E-state index in [9.17, 15) is 14.4 Å². The van der Waals surface area contributed by atoms with Crippen LogP contribution in [0.5, 0.6) is 0 Å². The quantitative estimate of drug-likeness (QED) is 0.811. The van der Waals surface area contributed by atoms with E-state index in [1.807, 2.05) is 26.0 Å². The maximum atomic E-state index is 12.4. The van der Waals surface area contributed by atoms with Crippen molar-refractivity contribution in [3.8, 4) is 0 Å². The van der Waals surface area contributed by atoms with Gasteiger partial charge in [-0.2, -0.15) is 0 Å². The molecule has 2 rings (SSSR count). The molecular formula is C21H31N3O4. The van der Waals surface area contributed by atoms with Crippen molar-refractivity contribution in [1.29, 1.82) is 0 Å². The van der Waals surface area contributed by atoms with Gasteiger partial charge in [-0.05, 0) is 56.9 Å². The minimum absolute atomic E-state index is 0.0465. The second-order valence-electron chi connectivity index (χ2n) is 7.29. The van der Waals surface area contributed by atoms with Gasteiger partial charge in [0.15, 0.2) is 0 Å². The largest absolute Gasteiger partial charge is 0.450 e. The zero-order valence-electron chi connectivity index (χ0n) is 17.3. The number of nitrogens with one attached hydrogen (secondary N) is 1. The Morgan fingerprint density at radius 1 is 1.14 bits per heavy atom. The third-order valence-electron chi connectivity index (χ3n) is 4.85. The highest BCUT2D eigenvalue weighted by Gasteiger charge is 2.24. The first kappa shape index (κ1) is 21.7. The Balaban J connectivity index is 1.84. The Hall–Kier alpha value is -2.57. The molecule has 1 aromatic rings. The summed E-state index contributed by atoms with van der Waals surface area (Å²) in [5, 5.41) is 3.02. The molecule has 0 aliphatic carbocycles. The third-order valence-corrected chi connectivity index (χ3v) is 4.85. The van der Waals surface area contributed by atoms with E-state index in [1.54, 1.807) is 16.7 Å². The lowest BCUT2D eigenvalue weighted by atomic mass is 10.1. The van der Waals surface area contributed by atoms with Crippen LogP contribution in [0.15, 0.2) is 18.2 Å². The van der Waals surface area contributed by atoms with Crippen LogP contribution in [0.25, 0.3) is 0 Å². The highest BCUT2D eigenvalue weighted by Crippen LogP contribution is 2.19. The van der Waals surface area contributed by atoms with E-state index in [0.717, 1.165) is 16.8 Å². The van der Waals surface area contributed by atoms with E-state index >= 15 is 0 Å². The van der Waals surface area contributed by atoms with Crippen LogP contribution < -0.4 is 10.2 Å². The Kier molecular flexibility index (Phi) is 7.84. The number of aryl methyl sites for hydroxylation is 2. The number of piperidine rings is 1. The number of carbonyl (C=O) groups excluding carboxylic acids is 3. The first-order chi connectivity index (χ1) is 13.3. The number of carbonyl (C=O) groups is 3. The molecule has 28 heavy (non-hydrogen) atoms. The summed E-state index contributed by atoms with van der Waals surface area (Å²) in [5.41, 5.74) is 2.98. The molecule has 7 heteroatoms. The monoisotopic (exact) mass is 389 g/mol. The summed E-state index contributed by atoms with van der Waals surface area (Å²) in [6.45, 7) is 9.13. The zero-order valence-corrected chi connectivity index (χ0v) is 17.3. The highest BCUT2D eigenvalue weighted by atomic mass is 16.6. The number of ether oxygens (including phenoxy) is 1. The molecule has 7 nitrogen and oxygen atoms in total. The van der Waals surface area contributed by atoms with Crippen LogP contribution in [0.3, 0.4) is 0 Å². The molecule has 3 amide bonds. The van der Waals surface area contributed by atoms with E-state index in [-0.39, 0.29) is 30.4 Å². The van der Waals surface area contributed by atoms with Gasteiger partial charge in [-0.15, -0.1) is 0 Å². The molecule has 0 spiro atoms. The fraction of sp³-hybridized carbons (Fsp3) is 0.571. The average molecular weight is 389 g/mol. The summed E-state index contributed by atoms with van der Waals surface area (Å²) < 4.78 is 5.01. The minimum Gasteiger partial charge on any atom is -0.450 e. The van der Waals surface area contributed by atoms with Crippen LogP contribution in [0.1, 0.15) is 44.2 Å². The molecule has 0 unspecified atom stereocenters. The lowest BCUT2D eigenvalue weighted by Crippen LogP contribution is -2.47. The van der Waals surface area contributed by atoms with Crippen molar-refractivity contribution in [2.24, 2.45) is 0 Å². The SMILES string of the molecule is CCOC(=O)N1CCC(NC(=O)CCN(C(C)=O)c2cc(C)cc(C)c2)CC1.